The predicted octanol–water partition coefficient (Wildman–Crippen LogP) is 25.9. The largest absolute Gasteiger partial charge is 0.206 e. The van der Waals surface area contributed by atoms with Crippen LogP contribution in [0, 0.1) is 35.2 Å². The molecule has 0 spiro atoms. The molecule has 0 bridgehead atoms. The van der Waals surface area contributed by atoms with Crippen LogP contribution in [0.4, 0.5) is 13.2 Å². The highest BCUT2D eigenvalue weighted by Gasteiger charge is 2.23. The maximum atomic E-state index is 14.9. The van der Waals surface area contributed by atoms with E-state index in [0.29, 0.717) is 34.4 Å². The summed E-state index contributed by atoms with van der Waals surface area (Å²) in [6.45, 7) is 13.6. The molecule has 0 aliphatic heterocycles. The second-order valence-electron chi connectivity index (χ2n) is 26.2. The van der Waals surface area contributed by atoms with Crippen molar-refractivity contribution >= 4 is 0 Å². The molecule has 0 radical (unpaired) electrons. The first kappa shape index (κ1) is 65.2. The fourth-order valence-electron chi connectivity index (χ4n) is 13.8. The highest BCUT2D eigenvalue weighted by Crippen LogP contribution is 2.40. The SMILES string of the molecule is C.CCCc1ccc(-c2ccc(-c3ccc(C4CCC(C)CC4)cc3)c(F)c2)cc1.CCCc1ccc(-c2ccc(-c3ccc(C4CCC(C)CC4)cc3)c(F)c2)cc1.CCCc1ccc(-c2ccc(-c3ccc(C4CCC(C)CC4)cc3)c(F)c2)cc1. The van der Waals surface area contributed by atoms with Crippen molar-refractivity contribution in [3.05, 3.63) is 251 Å². The third kappa shape index (κ3) is 17.1. The van der Waals surface area contributed by atoms with Gasteiger partial charge in [0.2, 0.25) is 0 Å². The Balaban J connectivity index is 0.000000156. The van der Waals surface area contributed by atoms with E-state index in [2.05, 4.69) is 187 Å². The molecule has 0 nitrogen and oxygen atoms in total. The quantitative estimate of drug-likeness (QED) is 0.0960. The molecule has 0 aromatic heterocycles. The van der Waals surface area contributed by atoms with Gasteiger partial charge in [0.25, 0.3) is 0 Å². The number of hydrogen-bond acceptors (Lipinski definition) is 0. The molecular weight excluding hydrogens is 1080 g/mol. The first-order chi connectivity index (χ1) is 42.4. The van der Waals surface area contributed by atoms with E-state index in [1.807, 2.05) is 36.4 Å². The van der Waals surface area contributed by atoms with Gasteiger partial charge in [0.05, 0.1) is 0 Å². The topological polar surface area (TPSA) is 0 Å². The van der Waals surface area contributed by atoms with Gasteiger partial charge >= 0.3 is 0 Å². The summed E-state index contributed by atoms with van der Waals surface area (Å²) in [5.74, 6) is 4.13. The molecule has 0 atom stereocenters. The van der Waals surface area contributed by atoms with Crippen molar-refractivity contribution in [1.82, 2.24) is 0 Å². The molecule has 9 aromatic carbocycles. The molecule has 3 aliphatic rings. The van der Waals surface area contributed by atoms with Gasteiger partial charge in [-0.25, -0.2) is 13.2 Å². The van der Waals surface area contributed by atoms with Gasteiger partial charge in [-0.3, -0.25) is 0 Å². The number of rotatable bonds is 15. The minimum Gasteiger partial charge on any atom is -0.206 e. The van der Waals surface area contributed by atoms with E-state index in [1.165, 1.54) is 110 Å². The molecule has 0 saturated heterocycles. The lowest BCUT2D eigenvalue weighted by Crippen LogP contribution is -2.10. The third-order valence-corrected chi connectivity index (χ3v) is 19.5. The number of aryl methyl sites for hydroxylation is 3. The summed E-state index contributed by atoms with van der Waals surface area (Å²) in [4.78, 5) is 0. The van der Waals surface area contributed by atoms with Crippen LogP contribution >= 0.6 is 0 Å². The van der Waals surface area contributed by atoms with E-state index in [9.17, 15) is 13.2 Å². The first-order valence-electron chi connectivity index (χ1n) is 33.4. The number of hydrogen-bond donors (Lipinski definition) is 0. The Labute approximate surface area is 528 Å². The second kappa shape index (κ2) is 31.8. The summed E-state index contributed by atoms with van der Waals surface area (Å²) in [6.07, 6.45) is 22.3. The Kier molecular flexibility index (Phi) is 23.6. The predicted molar refractivity (Wildman–Crippen MR) is 372 cm³/mol. The lowest BCUT2D eigenvalue weighted by Gasteiger charge is -2.26. The number of benzene rings is 9. The molecule has 12 rings (SSSR count). The van der Waals surface area contributed by atoms with Crippen molar-refractivity contribution in [2.45, 2.75) is 182 Å². The molecule has 0 amide bonds. The van der Waals surface area contributed by atoms with Gasteiger partial charge in [-0.05, 0) is 195 Å². The van der Waals surface area contributed by atoms with Crippen LogP contribution in [0.15, 0.2) is 200 Å². The molecule has 3 fully saturated rings. The average molecular weight is 1180 g/mol. The maximum Gasteiger partial charge on any atom is 0.131 e. The Morgan fingerprint density at radius 1 is 0.261 bits per heavy atom. The summed E-state index contributed by atoms with van der Waals surface area (Å²) in [6, 6.07) is 68.1. The van der Waals surface area contributed by atoms with Gasteiger partial charge in [-0.1, -0.05) is 289 Å². The molecule has 3 aliphatic carbocycles. The zero-order chi connectivity index (χ0) is 60.7. The van der Waals surface area contributed by atoms with Gasteiger partial charge in [0, 0.05) is 16.7 Å². The van der Waals surface area contributed by atoms with Crippen LogP contribution in [0.3, 0.4) is 0 Å². The van der Waals surface area contributed by atoms with Gasteiger partial charge in [-0.2, -0.15) is 0 Å². The molecule has 0 unspecified atom stereocenters. The monoisotopic (exact) mass is 1170 g/mol. The Morgan fingerprint density at radius 2 is 0.466 bits per heavy atom. The van der Waals surface area contributed by atoms with Gasteiger partial charge in [0.1, 0.15) is 17.5 Å². The van der Waals surface area contributed by atoms with Crippen molar-refractivity contribution in [1.29, 1.82) is 0 Å². The van der Waals surface area contributed by atoms with Crippen LogP contribution < -0.4 is 0 Å². The first-order valence-corrected chi connectivity index (χ1v) is 33.4. The Hall–Kier alpha value is -7.23. The highest BCUT2D eigenvalue weighted by atomic mass is 19.1. The van der Waals surface area contributed by atoms with Crippen LogP contribution in [0.25, 0.3) is 66.8 Å². The average Bonchev–Trinajstić information content (AvgIpc) is 3.57. The summed E-state index contributed by atoms with van der Waals surface area (Å²) in [7, 11) is 0. The van der Waals surface area contributed by atoms with Gasteiger partial charge in [0.15, 0.2) is 0 Å². The second-order valence-corrected chi connectivity index (χ2v) is 26.2. The lowest BCUT2D eigenvalue weighted by molar-refractivity contribution is 0.348. The van der Waals surface area contributed by atoms with E-state index >= 15 is 0 Å². The van der Waals surface area contributed by atoms with Crippen molar-refractivity contribution < 1.29 is 13.2 Å². The van der Waals surface area contributed by atoms with Crippen LogP contribution in [-0.4, -0.2) is 0 Å². The fraction of sp³-hybridized carbons (Fsp3) is 0.365. The molecule has 0 N–H and O–H groups in total. The summed E-state index contributed by atoms with van der Waals surface area (Å²) >= 11 is 0. The van der Waals surface area contributed by atoms with E-state index in [-0.39, 0.29) is 24.9 Å². The Bertz CT molecular complexity index is 3170. The summed E-state index contributed by atoms with van der Waals surface area (Å²) in [5, 5.41) is 0. The van der Waals surface area contributed by atoms with E-state index in [0.717, 1.165) is 106 Å². The standard InChI is InChI=1S/3C28H31F.CH4/c3*1-3-4-21-7-11-24(12-8-21)26-17-18-27(28(29)19-26)25-15-13-23(14-16-25)22-9-5-20(2)6-10-22;/h3*7-8,11-20,22H,3-6,9-10H2,1-2H3;1H4. The maximum absolute atomic E-state index is 14.9. The third-order valence-electron chi connectivity index (χ3n) is 19.5. The lowest BCUT2D eigenvalue weighted by atomic mass is 9.79. The minimum atomic E-state index is -0.153. The summed E-state index contributed by atoms with van der Waals surface area (Å²) < 4.78 is 44.8. The van der Waals surface area contributed by atoms with E-state index in [1.54, 1.807) is 18.2 Å². The van der Waals surface area contributed by atoms with Crippen molar-refractivity contribution in [3.8, 4) is 66.8 Å². The normalized spacial score (nSPS) is 19.1. The van der Waals surface area contributed by atoms with Gasteiger partial charge < -0.3 is 0 Å². The van der Waals surface area contributed by atoms with E-state index < -0.39 is 0 Å². The van der Waals surface area contributed by atoms with Crippen molar-refractivity contribution in [2.75, 3.05) is 0 Å². The fourth-order valence-corrected chi connectivity index (χ4v) is 13.8. The molecule has 3 saturated carbocycles. The van der Waals surface area contributed by atoms with Crippen LogP contribution in [0.2, 0.25) is 0 Å². The van der Waals surface area contributed by atoms with Crippen LogP contribution in [0.1, 0.15) is 196 Å². The van der Waals surface area contributed by atoms with Crippen molar-refractivity contribution in [3.63, 3.8) is 0 Å². The molecule has 9 aromatic rings. The van der Waals surface area contributed by atoms with Crippen LogP contribution in [-0.2, 0) is 19.3 Å². The number of halogens is 3. The smallest absolute Gasteiger partial charge is 0.131 e. The molecule has 88 heavy (non-hydrogen) atoms. The minimum absolute atomic E-state index is 0. The highest BCUT2D eigenvalue weighted by molar-refractivity contribution is 5.74. The molecule has 3 heteroatoms. The molecule has 458 valence electrons. The molecule has 0 heterocycles. The zero-order valence-electron chi connectivity index (χ0n) is 52.9. The zero-order valence-corrected chi connectivity index (χ0v) is 52.9. The Morgan fingerprint density at radius 3 is 0.670 bits per heavy atom. The van der Waals surface area contributed by atoms with Gasteiger partial charge in [-0.15, -0.1) is 0 Å². The van der Waals surface area contributed by atoms with E-state index in [4.69, 9.17) is 0 Å². The van der Waals surface area contributed by atoms with Crippen molar-refractivity contribution in [2.24, 2.45) is 17.8 Å². The summed E-state index contributed by atoms with van der Waals surface area (Å²) in [5.41, 5.74) is 19.1. The molecular formula is C85H97F3. The van der Waals surface area contributed by atoms with Crippen LogP contribution in [0.5, 0.6) is 0 Å².